The minimum atomic E-state index is -1.12. The average molecular weight is 491 g/mol. The number of hydrogen-bond donors (Lipinski definition) is 0. The lowest BCUT2D eigenvalue weighted by Crippen LogP contribution is -2.40. The summed E-state index contributed by atoms with van der Waals surface area (Å²) in [6.45, 7) is 8.19. The molecule has 0 aromatic heterocycles. The molecule has 6 nitrogen and oxygen atoms in total. The molecule has 1 amide bonds. The van der Waals surface area contributed by atoms with Crippen LogP contribution in [0, 0.1) is 0 Å². The molecular weight excluding hydrogens is 452 g/mol. The van der Waals surface area contributed by atoms with Gasteiger partial charge in [0.05, 0.1) is 13.2 Å². The molecule has 6 heteroatoms. The Labute approximate surface area is 214 Å². The average Bonchev–Trinajstić information content (AvgIpc) is 3.44. The number of amides is 1. The standard InChI is InChI=1S/C30H38N2O4/c1-5-7-17-26-31-30(18-10-11-19-30)27(33)32(26)21-22-13-12-14-23(20-22)24-15-8-9-16-25(24)36-29(3,4)28(34)35-6-2/h8-9,12-16,20H,5-7,10-11,17-19,21H2,1-4H3. The van der Waals surface area contributed by atoms with Crippen LogP contribution in [0.25, 0.3) is 11.1 Å². The molecule has 0 N–H and O–H groups in total. The molecular formula is C30H38N2O4. The van der Waals surface area contributed by atoms with Crippen LogP contribution in [0.1, 0.15) is 78.2 Å². The van der Waals surface area contributed by atoms with Crippen molar-refractivity contribution in [2.75, 3.05) is 6.61 Å². The van der Waals surface area contributed by atoms with Gasteiger partial charge < -0.3 is 9.47 Å². The molecule has 1 fully saturated rings. The second-order valence-electron chi connectivity index (χ2n) is 10.3. The highest BCUT2D eigenvalue weighted by atomic mass is 16.6. The number of amidine groups is 1. The van der Waals surface area contributed by atoms with Gasteiger partial charge in [-0.15, -0.1) is 0 Å². The van der Waals surface area contributed by atoms with Gasteiger partial charge >= 0.3 is 5.97 Å². The van der Waals surface area contributed by atoms with Crippen LogP contribution in [0.3, 0.4) is 0 Å². The molecule has 1 aliphatic heterocycles. The number of para-hydroxylation sites is 1. The largest absolute Gasteiger partial charge is 0.476 e. The van der Waals surface area contributed by atoms with Gasteiger partial charge in [-0.05, 0) is 63.3 Å². The summed E-state index contributed by atoms with van der Waals surface area (Å²) in [5.74, 6) is 1.31. The monoisotopic (exact) mass is 490 g/mol. The van der Waals surface area contributed by atoms with E-state index >= 15 is 0 Å². The Balaban J connectivity index is 1.59. The maximum Gasteiger partial charge on any atom is 0.349 e. The zero-order valence-corrected chi connectivity index (χ0v) is 22.0. The number of benzene rings is 2. The van der Waals surface area contributed by atoms with Crippen LogP contribution >= 0.6 is 0 Å². The predicted octanol–water partition coefficient (Wildman–Crippen LogP) is 6.32. The maximum atomic E-state index is 13.5. The van der Waals surface area contributed by atoms with Gasteiger partial charge in [-0.3, -0.25) is 14.7 Å². The fourth-order valence-electron chi connectivity index (χ4n) is 5.13. The Morgan fingerprint density at radius 1 is 1.08 bits per heavy atom. The van der Waals surface area contributed by atoms with Crippen molar-refractivity contribution in [3.05, 3.63) is 54.1 Å². The number of esters is 1. The predicted molar refractivity (Wildman–Crippen MR) is 142 cm³/mol. The van der Waals surface area contributed by atoms with E-state index in [9.17, 15) is 9.59 Å². The quantitative estimate of drug-likeness (QED) is 0.366. The first-order valence-corrected chi connectivity index (χ1v) is 13.2. The first kappa shape index (κ1) is 25.9. The van der Waals surface area contributed by atoms with Crippen LogP contribution in [-0.2, 0) is 20.9 Å². The normalized spacial score (nSPS) is 16.9. The van der Waals surface area contributed by atoms with E-state index in [1.807, 2.05) is 41.3 Å². The Kier molecular flexibility index (Phi) is 7.82. The number of nitrogens with zero attached hydrogens (tertiary/aromatic N) is 2. The van der Waals surface area contributed by atoms with Gasteiger partial charge in [0.25, 0.3) is 5.91 Å². The van der Waals surface area contributed by atoms with Crippen LogP contribution in [0.5, 0.6) is 5.75 Å². The molecule has 1 spiro atoms. The molecule has 0 saturated heterocycles. The molecule has 1 saturated carbocycles. The van der Waals surface area contributed by atoms with E-state index in [1.54, 1.807) is 20.8 Å². The Bertz CT molecular complexity index is 1130. The van der Waals surface area contributed by atoms with E-state index in [2.05, 4.69) is 19.1 Å². The molecule has 0 atom stereocenters. The first-order valence-electron chi connectivity index (χ1n) is 13.2. The third kappa shape index (κ3) is 5.32. The molecule has 1 aliphatic carbocycles. The van der Waals surface area contributed by atoms with E-state index < -0.39 is 17.1 Å². The summed E-state index contributed by atoms with van der Waals surface area (Å²) in [5.41, 5.74) is 1.25. The van der Waals surface area contributed by atoms with E-state index in [0.717, 1.165) is 67.5 Å². The second-order valence-corrected chi connectivity index (χ2v) is 10.3. The third-order valence-electron chi connectivity index (χ3n) is 7.08. The third-order valence-corrected chi connectivity index (χ3v) is 7.08. The van der Waals surface area contributed by atoms with E-state index in [4.69, 9.17) is 14.5 Å². The molecule has 1 heterocycles. The lowest BCUT2D eigenvalue weighted by atomic mass is 9.97. The lowest BCUT2D eigenvalue weighted by molar-refractivity contribution is -0.158. The van der Waals surface area contributed by atoms with Crippen molar-refractivity contribution in [1.82, 2.24) is 4.90 Å². The van der Waals surface area contributed by atoms with Crippen LogP contribution in [-0.4, -0.2) is 40.4 Å². The molecule has 2 aromatic carbocycles. The first-order chi connectivity index (χ1) is 17.3. The van der Waals surface area contributed by atoms with Crippen molar-refractivity contribution in [2.45, 2.75) is 90.3 Å². The number of unbranched alkanes of at least 4 members (excludes halogenated alkanes) is 1. The number of carbonyl (C=O) groups excluding carboxylic acids is 2. The summed E-state index contributed by atoms with van der Waals surface area (Å²) in [5, 5.41) is 0. The van der Waals surface area contributed by atoms with Gasteiger partial charge in [0.2, 0.25) is 0 Å². The zero-order valence-electron chi connectivity index (χ0n) is 22.0. The summed E-state index contributed by atoms with van der Waals surface area (Å²) in [6.07, 6.45) is 6.79. The number of ether oxygens (including phenoxy) is 2. The van der Waals surface area contributed by atoms with E-state index in [1.165, 1.54) is 0 Å². The fourth-order valence-corrected chi connectivity index (χ4v) is 5.13. The van der Waals surface area contributed by atoms with Gasteiger partial charge in [0, 0.05) is 12.0 Å². The van der Waals surface area contributed by atoms with Gasteiger partial charge in [-0.1, -0.05) is 62.6 Å². The Hall–Kier alpha value is -3.15. The minimum absolute atomic E-state index is 0.163. The minimum Gasteiger partial charge on any atom is -0.476 e. The van der Waals surface area contributed by atoms with Crippen LogP contribution in [0.4, 0.5) is 0 Å². The molecule has 192 valence electrons. The summed E-state index contributed by atoms with van der Waals surface area (Å²) in [6, 6.07) is 15.9. The Morgan fingerprint density at radius 3 is 2.56 bits per heavy atom. The van der Waals surface area contributed by atoms with Crippen molar-refractivity contribution in [3.63, 3.8) is 0 Å². The van der Waals surface area contributed by atoms with Crippen molar-refractivity contribution in [2.24, 2.45) is 4.99 Å². The van der Waals surface area contributed by atoms with E-state index in [-0.39, 0.29) is 5.91 Å². The van der Waals surface area contributed by atoms with Crippen LogP contribution in [0.15, 0.2) is 53.5 Å². The highest BCUT2D eigenvalue weighted by molar-refractivity contribution is 6.08. The molecule has 0 bridgehead atoms. The summed E-state index contributed by atoms with van der Waals surface area (Å²) in [7, 11) is 0. The number of hydrogen-bond acceptors (Lipinski definition) is 5. The Morgan fingerprint density at radius 2 is 1.83 bits per heavy atom. The number of rotatable bonds is 10. The van der Waals surface area contributed by atoms with Crippen molar-refractivity contribution in [1.29, 1.82) is 0 Å². The summed E-state index contributed by atoms with van der Waals surface area (Å²) in [4.78, 5) is 32.9. The van der Waals surface area contributed by atoms with Crippen molar-refractivity contribution < 1.29 is 19.1 Å². The van der Waals surface area contributed by atoms with E-state index in [0.29, 0.717) is 18.9 Å². The molecule has 0 unspecified atom stereocenters. The van der Waals surface area contributed by atoms with Crippen molar-refractivity contribution in [3.8, 4) is 16.9 Å². The fraction of sp³-hybridized carbons (Fsp3) is 0.500. The lowest BCUT2D eigenvalue weighted by Gasteiger charge is -2.26. The van der Waals surface area contributed by atoms with Crippen LogP contribution < -0.4 is 4.74 Å². The molecule has 36 heavy (non-hydrogen) atoms. The zero-order chi connectivity index (χ0) is 25.8. The van der Waals surface area contributed by atoms with Gasteiger partial charge in [-0.25, -0.2) is 4.79 Å². The topological polar surface area (TPSA) is 68.2 Å². The number of carbonyl (C=O) groups is 2. The van der Waals surface area contributed by atoms with Crippen LogP contribution in [0.2, 0.25) is 0 Å². The molecule has 0 radical (unpaired) electrons. The maximum absolute atomic E-state index is 13.5. The second kappa shape index (κ2) is 10.9. The smallest absolute Gasteiger partial charge is 0.349 e. The molecule has 4 rings (SSSR count). The van der Waals surface area contributed by atoms with Gasteiger partial charge in [0.15, 0.2) is 5.60 Å². The number of aliphatic imine (C=N–C) groups is 1. The molecule has 2 aromatic rings. The highest BCUT2D eigenvalue weighted by Crippen LogP contribution is 2.40. The molecule has 2 aliphatic rings. The van der Waals surface area contributed by atoms with Crippen molar-refractivity contribution >= 4 is 17.7 Å². The SMILES string of the molecule is CCCCC1=NC2(CCCC2)C(=O)N1Cc1cccc(-c2ccccc2OC(C)(C)C(=O)OCC)c1. The van der Waals surface area contributed by atoms with Gasteiger partial charge in [0.1, 0.15) is 17.1 Å². The summed E-state index contributed by atoms with van der Waals surface area (Å²) < 4.78 is 11.4. The summed E-state index contributed by atoms with van der Waals surface area (Å²) >= 11 is 0. The van der Waals surface area contributed by atoms with Gasteiger partial charge in [-0.2, -0.15) is 0 Å². The highest BCUT2D eigenvalue weighted by Gasteiger charge is 2.49.